The molecule has 0 aliphatic heterocycles. The summed E-state index contributed by atoms with van der Waals surface area (Å²) in [6, 6.07) is 12.5. The van der Waals surface area contributed by atoms with Crippen LogP contribution in [0.1, 0.15) is 22.8 Å². The van der Waals surface area contributed by atoms with Crippen molar-refractivity contribution in [1.82, 2.24) is 0 Å². The topological polar surface area (TPSA) is 64.3 Å². The van der Waals surface area contributed by atoms with E-state index in [4.69, 9.17) is 10.5 Å². The Morgan fingerprint density at radius 2 is 1.90 bits per heavy atom. The highest BCUT2D eigenvalue weighted by Gasteiger charge is 2.10. The predicted octanol–water partition coefficient (Wildman–Crippen LogP) is 3.23. The van der Waals surface area contributed by atoms with Gasteiger partial charge in [-0.05, 0) is 55.8 Å². The second-order valence-corrected chi connectivity index (χ2v) is 4.51. The molecule has 4 heteroatoms. The summed E-state index contributed by atoms with van der Waals surface area (Å²) in [5.41, 5.74) is 8.53. The molecule has 0 atom stereocenters. The Hall–Kier alpha value is -2.49. The molecular weight excluding hydrogens is 252 g/mol. The van der Waals surface area contributed by atoms with Gasteiger partial charge in [0.15, 0.2) is 0 Å². The highest BCUT2D eigenvalue weighted by atomic mass is 16.5. The molecule has 2 aromatic rings. The number of nitrogens with one attached hydrogen (secondary N) is 1. The van der Waals surface area contributed by atoms with Crippen LogP contribution in [-0.2, 0) is 0 Å². The fourth-order valence-corrected chi connectivity index (χ4v) is 1.85. The Kier molecular flexibility index (Phi) is 4.25. The first-order valence-electron chi connectivity index (χ1n) is 6.50. The van der Waals surface area contributed by atoms with Gasteiger partial charge in [-0.1, -0.05) is 6.07 Å². The predicted molar refractivity (Wildman–Crippen MR) is 81.2 cm³/mol. The average molecular weight is 270 g/mol. The number of anilines is 2. The number of ether oxygens (including phenoxy) is 1. The van der Waals surface area contributed by atoms with Crippen molar-refractivity contribution in [3.05, 3.63) is 53.6 Å². The van der Waals surface area contributed by atoms with Crippen LogP contribution < -0.4 is 15.8 Å². The van der Waals surface area contributed by atoms with E-state index in [1.54, 1.807) is 24.3 Å². The molecular formula is C16H18N2O2. The Labute approximate surface area is 118 Å². The summed E-state index contributed by atoms with van der Waals surface area (Å²) in [5.74, 6) is 0.485. The van der Waals surface area contributed by atoms with Crippen LogP contribution in [0.4, 0.5) is 11.4 Å². The molecule has 0 aliphatic rings. The maximum Gasteiger partial charge on any atom is 0.255 e. The smallest absolute Gasteiger partial charge is 0.255 e. The fraction of sp³-hybridized carbons (Fsp3) is 0.188. The van der Waals surface area contributed by atoms with Crippen LogP contribution in [-0.4, -0.2) is 12.5 Å². The third-order valence-electron chi connectivity index (χ3n) is 2.86. The summed E-state index contributed by atoms with van der Waals surface area (Å²) in [4.78, 5) is 12.2. The van der Waals surface area contributed by atoms with E-state index in [-0.39, 0.29) is 5.91 Å². The van der Waals surface area contributed by atoms with Crippen molar-refractivity contribution in [2.75, 3.05) is 17.7 Å². The first-order valence-corrected chi connectivity index (χ1v) is 6.50. The number of benzene rings is 2. The maximum atomic E-state index is 12.2. The minimum Gasteiger partial charge on any atom is -0.492 e. The van der Waals surface area contributed by atoms with Gasteiger partial charge in [-0.25, -0.2) is 0 Å². The molecule has 2 aromatic carbocycles. The third-order valence-corrected chi connectivity index (χ3v) is 2.86. The lowest BCUT2D eigenvalue weighted by Gasteiger charge is -2.12. The maximum absolute atomic E-state index is 12.2. The van der Waals surface area contributed by atoms with E-state index in [0.29, 0.717) is 29.3 Å². The van der Waals surface area contributed by atoms with Crippen molar-refractivity contribution in [3.8, 4) is 5.75 Å². The van der Waals surface area contributed by atoms with Crippen molar-refractivity contribution in [1.29, 1.82) is 0 Å². The van der Waals surface area contributed by atoms with Crippen LogP contribution in [0.25, 0.3) is 0 Å². The minimum atomic E-state index is -0.184. The number of amides is 1. The number of carbonyl (C=O) groups excluding carboxylic acids is 1. The zero-order chi connectivity index (χ0) is 14.5. The van der Waals surface area contributed by atoms with Crippen LogP contribution in [0.15, 0.2) is 42.5 Å². The summed E-state index contributed by atoms with van der Waals surface area (Å²) >= 11 is 0. The van der Waals surface area contributed by atoms with Crippen molar-refractivity contribution in [2.45, 2.75) is 13.8 Å². The van der Waals surface area contributed by atoms with E-state index in [9.17, 15) is 4.79 Å². The molecule has 1 amide bonds. The second kappa shape index (κ2) is 6.10. The number of rotatable bonds is 4. The average Bonchev–Trinajstić information content (AvgIpc) is 2.42. The number of carbonyl (C=O) groups is 1. The Bertz CT molecular complexity index is 606. The molecule has 104 valence electrons. The molecule has 3 N–H and O–H groups in total. The zero-order valence-corrected chi connectivity index (χ0v) is 11.6. The van der Waals surface area contributed by atoms with Gasteiger partial charge in [-0.2, -0.15) is 0 Å². The lowest BCUT2D eigenvalue weighted by atomic mass is 10.1. The van der Waals surface area contributed by atoms with Crippen LogP contribution in [0, 0.1) is 6.92 Å². The summed E-state index contributed by atoms with van der Waals surface area (Å²) in [6.45, 7) is 4.42. The van der Waals surface area contributed by atoms with Crippen LogP contribution in [0.5, 0.6) is 5.75 Å². The summed E-state index contributed by atoms with van der Waals surface area (Å²) in [6.07, 6.45) is 0. The highest BCUT2D eigenvalue weighted by molar-refractivity contribution is 6.05. The SMILES string of the molecule is CCOc1ccc(C)cc1NC(=O)c1ccc(N)cc1. The van der Waals surface area contributed by atoms with E-state index in [0.717, 1.165) is 5.56 Å². The summed E-state index contributed by atoms with van der Waals surface area (Å²) in [7, 11) is 0. The monoisotopic (exact) mass is 270 g/mol. The molecule has 0 spiro atoms. The lowest BCUT2D eigenvalue weighted by Crippen LogP contribution is -2.13. The van der Waals surface area contributed by atoms with Crippen molar-refractivity contribution < 1.29 is 9.53 Å². The summed E-state index contributed by atoms with van der Waals surface area (Å²) < 4.78 is 5.51. The number of aryl methyl sites for hydroxylation is 1. The fourth-order valence-electron chi connectivity index (χ4n) is 1.85. The number of nitrogen functional groups attached to an aromatic ring is 1. The lowest BCUT2D eigenvalue weighted by molar-refractivity contribution is 0.102. The molecule has 0 fully saturated rings. The van der Waals surface area contributed by atoms with Gasteiger partial charge in [0.05, 0.1) is 12.3 Å². The van der Waals surface area contributed by atoms with E-state index in [1.165, 1.54) is 0 Å². The zero-order valence-electron chi connectivity index (χ0n) is 11.6. The number of hydrogen-bond acceptors (Lipinski definition) is 3. The molecule has 0 bridgehead atoms. The van der Waals surface area contributed by atoms with E-state index < -0.39 is 0 Å². The van der Waals surface area contributed by atoms with Gasteiger partial charge in [0.1, 0.15) is 5.75 Å². The van der Waals surface area contributed by atoms with Crippen molar-refractivity contribution >= 4 is 17.3 Å². The second-order valence-electron chi connectivity index (χ2n) is 4.51. The Balaban J connectivity index is 2.22. The quantitative estimate of drug-likeness (QED) is 0.838. The van der Waals surface area contributed by atoms with E-state index in [2.05, 4.69) is 5.32 Å². The van der Waals surface area contributed by atoms with Crippen molar-refractivity contribution in [2.24, 2.45) is 0 Å². The number of hydrogen-bond donors (Lipinski definition) is 2. The Morgan fingerprint density at radius 3 is 2.55 bits per heavy atom. The van der Waals surface area contributed by atoms with Crippen LogP contribution in [0.3, 0.4) is 0 Å². The molecule has 0 heterocycles. The van der Waals surface area contributed by atoms with Gasteiger partial charge < -0.3 is 15.8 Å². The van der Waals surface area contributed by atoms with E-state index in [1.807, 2.05) is 32.0 Å². The summed E-state index contributed by atoms with van der Waals surface area (Å²) in [5, 5.41) is 2.87. The molecule has 0 saturated carbocycles. The standard InChI is InChI=1S/C16H18N2O2/c1-3-20-15-9-4-11(2)10-14(15)18-16(19)12-5-7-13(17)8-6-12/h4-10H,3,17H2,1-2H3,(H,18,19). The first kappa shape index (κ1) is 13.9. The van der Waals surface area contributed by atoms with Gasteiger partial charge in [0.2, 0.25) is 0 Å². The molecule has 0 radical (unpaired) electrons. The minimum absolute atomic E-state index is 0.184. The van der Waals surface area contributed by atoms with Gasteiger partial charge in [0.25, 0.3) is 5.91 Å². The first-order chi connectivity index (χ1) is 9.60. The molecule has 0 aromatic heterocycles. The van der Waals surface area contributed by atoms with Crippen LogP contribution in [0.2, 0.25) is 0 Å². The van der Waals surface area contributed by atoms with Gasteiger partial charge in [-0.3, -0.25) is 4.79 Å². The molecule has 2 rings (SSSR count). The third kappa shape index (κ3) is 3.29. The largest absolute Gasteiger partial charge is 0.492 e. The molecule has 0 saturated heterocycles. The van der Waals surface area contributed by atoms with Gasteiger partial charge in [0, 0.05) is 11.3 Å². The normalized spacial score (nSPS) is 10.1. The Morgan fingerprint density at radius 1 is 1.20 bits per heavy atom. The van der Waals surface area contributed by atoms with Gasteiger partial charge in [-0.15, -0.1) is 0 Å². The van der Waals surface area contributed by atoms with Crippen molar-refractivity contribution in [3.63, 3.8) is 0 Å². The number of nitrogens with two attached hydrogens (primary N) is 1. The molecule has 0 aliphatic carbocycles. The van der Waals surface area contributed by atoms with E-state index >= 15 is 0 Å². The molecule has 20 heavy (non-hydrogen) atoms. The van der Waals surface area contributed by atoms with Crippen LogP contribution >= 0.6 is 0 Å². The highest BCUT2D eigenvalue weighted by Crippen LogP contribution is 2.26. The van der Waals surface area contributed by atoms with Gasteiger partial charge >= 0.3 is 0 Å². The molecule has 0 unspecified atom stereocenters. The molecule has 4 nitrogen and oxygen atoms in total.